The summed E-state index contributed by atoms with van der Waals surface area (Å²) in [6.45, 7) is 4.14. The number of carbonyl (C=O) groups is 1. The molecule has 1 aliphatic rings. The van der Waals surface area contributed by atoms with E-state index in [1.807, 2.05) is 72.3 Å². The molecule has 146 valence electrons. The number of amides is 1. The molecule has 0 atom stereocenters. The van der Waals surface area contributed by atoms with Crippen LogP contribution in [0.4, 0.5) is 5.69 Å². The molecule has 0 N–H and O–H groups in total. The minimum Gasteiger partial charge on any atom is -0.378 e. The zero-order chi connectivity index (χ0) is 19.8. The summed E-state index contributed by atoms with van der Waals surface area (Å²) in [5.41, 5.74) is 5.09. The van der Waals surface area contributed by atoms with Crippen molar-refractivity contribution >= 4 is 11.6 Å². The van der Waals surface area contributed by atoms with Crippen molar-refractivity contribution in [1.29, 1.82) is 0 Å². The first-order valence-electron chi connectivity index (χ1n) is 9.55. The summed E-state index contributed by atoms with van der Waals surface area (Å²) in [5, 5.41) is 4.35. The van der Waals surface area contributed by atoms with E-state index in [1.54, 1.807) is 0 Å². The third-order valence-electron chi connectivity index (χ3n) is 5.42. The molecule has 3 heterocycles. The van der Waals surface area contributed by atoms with Gasteiger partial charge in [-0.2, -0.15) is 5.10 Å². The highest BCUT2D eigenvalue weighted by Crippen LogP contribution is 2.25. The summed E-state index contributed by atoms with van der Waals surface area (Å²) in [4.78, 5) is 21.6. The smallest absolute Gasteiger partial charge is 0.253 e. The number of carbonyl (C=O) groups excluding carboxylic acids is 1. The van der Waals surface area contributed by atoms with Crippen molar-refractivity contribution in [1.82, 2.24) is 24.2 Å². The molecular weight excluding hydrogens is 352 g/mol. The number of anilines is 1. The number of rotatable bonds is 3. The largest absolute Gasteiger partial charge is 0.378 e. The molecule has 28 heavy (non-hydrogen) atoms. The monoisotopic (exact) mass is 378 g/mol. The van der Waals surface area contributed by atoms with Gasteiger partial charge >= 0.3 is 0 Å². The molecule has 0 radical (unpaired) electrons. The molecule has 0 saturated carbocycles. The zero-order valence-electron chi connectivity index (χ0n) is 16.9. The van der Waals surface area contributed by atoms with Crippen molar-refractivity contribution in [3.8, 4) is 11.4 Å². The molecule has 4 rings (SSSR count). The van der Waals surface area contributed by atoms with Crippen LogP contribution in [0, 0.1) is 6.92 Å². The fraction of sp³-hybridized carbons (Fsp3) is 0.381. The Balaban J connectivity index is 1.54. The maximum absolute atomic E-state index is 13.0. The molecule has 3 aromatic rings. The van der Waals surface area contributed by atoms with E-state index in [-0.39, 0.29) is 5.91 Å². The number of fused-ring (bicyclic) bond motifs is 1. The average molecular weight is 378 g/mol. The minimum atomic E-state index is 0.0781. The second-order valence-corrected chi connectivity index (χ2v) is 7.49. The van der Waals surface area contributed by atoms with Gasteiger partial charge < -0.3 is 14.4 Å². The molecule has 0 saturated heterocycles. The number of aryl methyl sites for hydroxylation is 2. The molecule has 7 nitrogen and oxygen atoms in total. The SMILES string of the molecule is Cc1cnn(C)c1-c1cnc2n1CCN(C(=O)c1ccc(N(C)C)cc1)CC2. The highest BCUT2D eigenvalue weighted by atomic mass is 16.2. The molecule has 2 aromatic heterocycles. The lowest BCUT2D eigenvalue weighted by molar-refractivity contribution is 0.0759. The van der Waals surface area contributed by atoms with Gasteiger partial charge in [0.15, 0.2) is 0 Å². The highest BCUT2D eigenvalue weighted by Gasteiger charge is 2.23. The Labute approximate surface area is 165 Å². The van der Waals surface area contributed by atoms with Crippen LogP contribution in [0.2, 0.25) is 0 Å². The maximum atomic E-state index is 13.0. The van der Waals surface area contributed by atoms with Crippen LogP contribution >= 0.6 is 0 Å². The van der Waals surface area contributed by atoms with Crippen LogP contribution < -0.4 is 4.90 Å². The first-order chi connectivity index (χ1) is 13.5. The van der Waals surface area contributed by atoms with Crippen LogP contribution in [0.5, 0.6) is 0 Å². The predicted molar refractivity (Wildman–Crippen MR) is 110 cm³/mol. The second kappa shape index (κ2) is 7.14. The van der Waals surface area contributed by atoms with Gasteiger partial charge in [-0.15, -0.1) is 0 Å². The van der Waals surface area contributed by atoms with Gasteiger partial charge in [-0.25, -0.2) is 4.98 Å². The molecule has 1 aromatic carbocycles. The Hall–Kier alpha value is -3.09. The minimum absolute atomic E-state index is 0.0781. The van der Waals surface area contributed by atoms with Crippen molar-refractivity contribution in [2.75, 3.05) is 32.1 Å². The number of benzene rings is 1. The van der Waals surface area contributed by atoms with Crippen LogP contribution in [-0.2, 0) is 20.0 Å². The lowest BCUT2D eigenvalue weighted by Gasteiger charge is -2.21. The first kappa shape index (κ1) is 18.3. The molecule has 0 spiro atoms. The Morgan fingerprint density at radius 3 is 2.46 bits per heavy atom. The van der Waals surface area contributed by atoms with Gasteiger partial charge in [-0.05, 0) is 36.8 Å². The fourth-order valence-corrected chi connectivity index (χ4v) is 3.82. The van der Waals surface area contributed by atoms with Crippen LogP contribution in [0.15, 0.2) is 36.7 Å². The van der Waals surface area contributed by atoms with Crippen LogP contribution in [0.3, 0.4) is 0 Å². The number of hydrogen-bond donors (Lipinski definition) is 0. The van der Waals surface area contributed by atoms with Gasteiger partial charge in [0.05, 0.1) is 23.8 Å². The molecule has 0 aliphatic carbocycles. The van der Waals surface area contributed by atoms with Gasteiger partial charge in [0.25, 0.3) is 5.91 Å². The Kier molecular flexibility index (Phi) is 4.66. The molecule has 1 amide bonds. The summed E-state index contributed by atoms with van der Waals surface area (Å²) in [5.74, 6) is 1.10. The molecule has 0 bridgehead atoms. The molecular formula is C21H26N6O. The van der Waals surface area contributed by atoms with E-state index in [1.165, 1.54) is 0 Å². The van der Waals surface area contributed by atoms with Crippen molar-refractivity contribution in [2.45, 2.75) is 19.9 Å². The number of imidazole rings is 1. The normalized spacial score (nSPS) is 13.9. The Bertz CT molecular complexity index is 979. The quantitative estimate of drug-likeness (QED) is 0.702. The summed E-state index contributed by atoms with van der Waals surface area (Å²) in [6.07, 6.45) is 4.55. The van der Waals surface area contributed by atoms with Gasteiger partial charge in [0.1, 0.15) is 5.82 Å². The van der Waals surface area contributed by atoms with Crippen molar-refractivity contribution in [3.05, 3.63) is 53.6 Å². The second-order valence-electron chi connectivity index (χ2n) is 7.49. The summed E-state index contributed by atoms with van der Waals surface area (Å²) < 4.78 is 4.12. The van der Waals surface area contributed by atoms with Crippen LogP contribution in [0.1, 0.15) is 21.7 Å². The third kappa shape index (κ3) is 3.17. The van der Waals surface area contributed by atoms with Gasteiger partial charge in [-0.3, -0.25) is 9.48 Å². The van der Waals surface area contributed by atoms with E-state index in [0.29, 0.717) is 13.1 Å². The van der Waals surface area contributed by atoms with E-state index in [0.717, 1.165) is 47.0 Å². The Morgan fingerprint density at radius 2 is 1.82 bits per heavy atom. The topological polar surface area (TPSA) is 59.2 Å². The number of hydrogen-bond acceptors (Lipinski definition) is 4. The third-order valence-corrected chi connectivity index (χ3v) is 5.42. The van der Waals surface area contributed by atoms with Gasteiger partial charge in [0.2, 0.25) is 0 Å². The maximum Gasteiger partial charge on any atom is 0.253 e. The van der Waals surface area contributed by atoms with Crippen molar-refractivity contribution < 1.29 is 4.79 Å². The first-order valence-corrected chi connectivity index (χ1v) is 9.55. The average Bonchev–Trinajstić information content (AvgIpc) is 3.15. The van der Waals surface area contributed by atoms with Gasteiger partial charge in [-0.1, -0.05) is 0 Å². The molecule has 0 unspecified atom stereocenters. The lowest BCUT2D eigenvalue weighted by atomic mass is 10.1. The lowest BCUT2D eigenvalue weighted by Crippen LogP contribution is -2.33. The van der Waals surface area contributed by atoms with Gasteiger partial charge in [0, 0.05) is 58.4 Å². The predicted octanol–water partition coefficient (Wildman–Crippen LogP) is 2.36. The van der Waals surface area contributed by atoms with E-state index >= 15 is 0 Å². The summed E-state index contributed by atoms with van der Waals surface area (Å²) >= 11 is 0. The van der Waals surface area contributed by atoms with Crippen molar-refractivity contribution in [2.24, 2.45) is 7.05 Å². The summed E-state index contributed by atoms with van der Waals surface area (Å²) in [7, 11) is 5.94. The summed E-state index contributed by atoms with van der Waals surface area (Å²) in [6, 6.07) is 7.79. The standard InChI is InChI=1S/C21H26N6O/c1-15-13-23-25(4)20(15)18-14-22-19-9-10-26(11-12-27(18)19)21(28)16-5-7-17(8-6-16)24(2)3/h5-8,13-14H,9-12H2,1-4H3. The molecule has 1 aliphatic heterocycles. The fourth-order valence-electron chi connectivity index (χ4n) is 3.82. The van der Waals surface area contributed by atoms with Crippen molar-refractivity contribution in [3.63, 3.8) is 0 Å². The van der Waals surface area contributed by atoms with E-state index in [2.05, 4.69) is 21.6 Å². The van der Waals surface area contributed by atoms with E-state index in [4.69, 9.17) is 0 Å². The van der Waals surface area contributed by atoms with E-state index < -0.39 is 0 Å². The Morgan fingerprint density at radius 1 is 1.07 bits per heavy atom. The molecule has 7 heteroatoms. The zero-order valence-corrected chi connectivity index (χ0v) is 16.9. The van der Waals surface area contributed by atoms with E-state index in [9.17, 15) is 4.79 Å². The van der Waals surface area contributed by atoms with Crippen LogP contribution in [-0.4, -0.2) is 57.3 Å². The number of nitrogens with zero attached hydrogens (tertiary/aromatic N) is 6. The highest BCUT2D eigenvalue weighted by molar-refractivity contribution is 5.94. The number of aromatic nitrogens is 4. The van der Waals surface area contributed by atoms with Crippen LogP contribution in [0.25, 0.3) is 11.4 Å². The molecule has 0 fully saturated rings.